The van der Waals surface area contributed by atoms with Crippen LogP contribution in [0.4, 0.5) is 4.39 Å². The molecule has 16 heavy (non-hydrogen) atoms. The van der Waals surface area contributed by atoms with Crippen molar-refractivity contribution in [3.05, 3.63) is 34.6 Å². The lowest BCUT2D eigenvalue weighted by Gasteiger charge is -2.17. The third kappa shape index (κ3) is 3.56. The Kier molecular flexibility index (Phi) is 4.51. The lowest BCUT2D eigenvalue weighted by atomic mass is 10.1. The standard InChI is InChI=1S/C12H16ClFOS/c1-12(2,3)16(15)8-7-9-5-4-6-10(13)11(9)14/h4-6H,7-8H2,1-3H3/t16-/m1/s1. The van der Waals surface area contributed by atoms with Gasteiger partial charge in [0.25, 0.3) is 0 Å². The zero-order valence-corrected chi connectivity index (χ0v) is 11.3. The van der Waals surface area contributed by atoms with Crippen LogP contribution in [-0.4, -0.2) is 14.7 Å². The van der Waals surface area contributed by atoms with Gasteiger partial charge in [0.05, 0.1) is 5.02 Å². The molecule has 1 atom stereocenters. The first-order chi connectivity index (χ1) is 7.32. The molecule has 1 nitrogen and oxygen atoms in total. The molecule has 0 aromatic heterocycles. The number of hydrogen-bond acceptors (Lipinski definition) is 1. The minimum atomic E-state index is -0.962. The lowest BCUT2D eigenvalue weighted by molar-refractivity contribution is 0.611. The fraction of sp³-hybridized carbons (Fsp3) is 0.500. The van der Waals surface area contributed by atoms with Crippen LogP contribution in [0.25, 0.3) is 0 Å². The van der Waals surface area contributed by atoms with Gasteiger partial charge in [-0.3, -0.25) is 4.21 Å². The Hall–Kier alpha value is -0.410. The second-order valence-corrected chi connectivity index (χ2v) is 7.36. The van der Waals surface area contributed by atoms with Crippen LogP contribution in [0.15, 0.2) is 18.2 Å². The Morgan fingerprint density at radius 1 is 1.38 bits per heavy atom. The van der Waals surface area contributed by atoms with Crippen molar-refractivity contribution in [3.8, 4) is 0 Å². The number of benzene rings is 1. The maximum Gasteiger partial charge on any atom is 0.144 e. The van der Waals surface area contributed by atoms with Crippen molar-refractivity contribution in [1.82, 2.24) is 0 Å². The molecule has 0 fully saturated rings. The van der Waals surface area contributed by atoms with Crippen molar-refractivity contribution in [1.29, 1.82) is 0 Å². The van der Waals surface area contributed by atoms with E-state index in [4.69, 9.17) is 11.6 Å². The molecule has 4 heteroatoms. The summed E-state index contributed by atoms with van der Waals surface area (Å²) < 4.78 is 25.1. The normalized spacial score (nSPS) is 13.8. The van der Waals surface area contributed by atoms with Gasteiger partial charge in [-0.1, -0.05) is 23.7 Å². The SMILES string of the molecule is CC(C)(C)[S@](=O)CCc1cccc(Cl)c1F. The summed E-state index contributed by atoms with van der Waals surface area (Å²) in [5.74, 6) is 0.0656. The molecule has 1 rings (SSSR count). The van der Waals surface area contributed by atoms with Crippen molar-refractivity contribution in [3.63, 3.8) is 0 Å². The Balaban J connectivity index is 2.69. The molecule has 0 spiro atoms. The Bertz CT molecular complexity index is 398. The van der Waals surface area contributed by atoms with E-state index in [9.17, 15) is 8.60 Å². The molecule has 0 aliphatic carbocycles. The first kappa shape index (κ1) is 13.7. The predicted molar refractivity (Wildman–Crippen MR) is 67.9 cm³/mol. The van der Waals surface area contributed by atoms with Crippen LogP contribution in [-0.2, 0) is 17.2 Å². The highest BCUT2D eigenvalue weighted by Gasteiger charge is 2.19. The molecule has 0 heterocycles. The fourth-order valence-electron chi connectivity index (χ4n) is 1.25. The topological polar surface area (TPSA) is 17.1 Å². The smallest absolute Gasteiger partial charge is 0.144 e. The minimum Gasteiger partial charge on any atom is -0.259 e. The molecule has 0 aliphatic rings. The predicted octanol–water partition coefficient (Wildman–Crippen LogP) is 3.57. The van der Waals surface area contributed by atoms with Gasteiger partial charge in [0.15, 0.2) is 0 Å². The summed E-state index contributed by atoms with van der Waals surface area (Å²) in [7, 11) is -0.962. The van der Waals surface area contributed by atoms with Gasteiger partial charge in [0.1, 0.15) is 5.82 Å². The number of halogens is 2. The van der Waals surface area contributed by atoms with Crippen LogP contribution >= 0.6 is 11.6 Å². The highest BCUT2D eigenvalue weighted by Crippen LogP contribution is 2.19. The van der Waals surface area contributed by atoms with Gasteiger partial charge in [-0.15, -0.1) is 0 Å². The van der Waals surface area contributed by atoms with Crippen molar-refractivity contribution in [2.24, 2.45) is 0 Å². The summed E-state index contributed by atoms with van der Waals surface area (Å²) in [6.07, 6.45) is 0.455. The van der Waals surface area contributed by atoms with E-state index in [-0.39, 0.29) is 9.77 Å². The van der Waals surface area contributed by atoms with Crippen molar-refractivity contribution < 1.29 is 8.60 Å². The van der Waals surface area contributed by atoms with Gasteiger partial charge in [-0.25, -0.2) is 4.39 Å². The molecular formula is C12H16ClFOS. The summed E-state index contributed by atoms with van der Waals surface area (Å²) >= 11 is 5.67. The molecule has 0 bridgehead atoms. The van der Waals surface area contributed by atoms with Crippen LogP contribution < -0.4 is 0 Å². The first-order valence-corrected chi connectivity index (χ1v) is 6.83. The fourth-order valence-corrected chi connectivity index (χ4v) is 2.46. The maximum absolute atomic E-state index is 13.5. The van der Waals surface area contributed by atoms with E-state index < -0.39 is 16.6 Å². The molecule has 0 saturated heterocycles. The zero-order valence-electron chi connectivity index (χ0n) is 9.72. The van der Waals surface area contributed by atoms with Gasteiger partial charge < -0.3 is 0 Å². The molecule has 0 radical (unpaired) electrons. The summed E-state index contributed by atoms with van der Waals surface area (Å²) in [5.41, 5.74) is 0.533. The summed E-state index contributed by atoms with van der Waals surface area (Å²) in [6.45, 7) is 5.74. The van der Waals surface area contributed by atoms with Crippen LogP contribution in [0, 0.1) is 5.82 Å². The quantitative estimate of drug-likeness (QED) is 0.814. The van der Waals surface area contributed by atoms with Crippen molar-refractivity contribution in [2.75, 3.05) is 5.75 Å². The third-order valence-electron chi connectivity index (χ3n) is 2.27. The molecule has 0 amide bonds. The Morgan fingerprint density at radius 2 is 2.00 bits per heavy atom. The van der Waals surface area contributed by atoms with Gasteiger partial charge >= 0.3 is 0 Å². The first-order valence-electron chi connectivity index (χ1n) is 5.14. The lowest BCUT2D eigenvalue weighted by Crippen LogP contribution is -2.25. The molecule has 0 N–H and O–H groups in total. The molecule has 1 aromatic rings. The van der Waals surface area contributed by atoms with Crippen LogP contribution in [0.3, 0.4) is 0 Å². The molecule has 0 aliphatic heterocycles. The maximum atomic E-state index is 13.5. The highest BCUT2D eigenvalue weighted by molar-refractivity contribution is 7.86. The Labute approximate surface area is 103 Å². The van der Waals surface area contributed by atoms with E-state index in [1.54, 1.807) is 12.1 Å². The molecule has 1 aromatic carbocycles. The average molecular weight is 263 g/mol. The van der Waals surface area contributed by atoms with E-state index in [2.05, 4.69) is 0 Å². The second kappa shape index (κ2) is 5.28. The number of rotatable bonds is 3. The molecular weight excluding hydrogens is 247 g/mol. The van der Waals surface area contributed by atoms with Crippen LogP contribution in [0.2, 0.25) is 5.02 Å². The molecule has 0 unspecified atom stereocenters. The van der Waals surface area contributed by atoms with E-state index >= 15 is 0 Å². The number of aryl methyl sites for hydroxylation is 1. The zero-order chi connectivity index (χ0) is 12.3. The Morgan fingerprint density at radius 3 is 2.56 bits per heavy atom. The van der Waals surface area contributed by atoms with Crippen molar-refractivity contribution in [2.45, 2.75) is 31.9 Å². The third-order valence-corrected chi connectivity index (χ3v) is 4.50. The molecule has 0 saturated carbocycles. The van der Waals surface area contributed by atoms with E-state index in [0.717, 1.165) is 0 Å². The second-order valence-electron chi connectivity index (χ2n) is 4.62. The van der Waals surface area contributed by atoms with E-state index in [1.165, 1.54) is 6.07 Å². The monoisotopic (exact) mass is 262 g/mol. The van der Waals surface area contributed by atoms with Gasteiger partial charge in [-0.2, -0.15) is 0 Å². The summed E-state index contributed by atoms with van der Waals surface area (Å²) in [5, 5.41) is 0.124. The highest BCUT2D eigenvalue weighted by atomic mass is 35.5. The van der Waals surface area contributed by atoms with Gasteiger partial charge in [-0.05, 0) is 38.8 Å². The minimum absolute atomic E-state index is 0.124. The van der Waals surface area contributed by atoms with Gasteiger partial charge in [0.2, 0.25) is 0 Å². The summed E-state index contributed by atoms with van der Waals surface area (Å²) in [6, 6.07) is 4.91. The van der Waals surface area contributed by atoms with Gasteiger partial charge in [0, 0.05) is 21.3 Å². The van der Waals surface area contributed by atoms with Crippen LogP contribution in [0.1, 0.15) is 26.3 Å². The summed E-state index contributed by atoms with van der Waals surface area (Å²) in [4.78, 5) is 0. The largest absolute Gasteiger partial charge is 0.259 e. The van der Waals surface area contributed by atoms with E-state index in [0.29, 0.717) is 17.7 Å². The number of hydrogen-bond donors (Lipinski definition) is 0. The average Bonchev–Trinajstić information content (AvgIpc) is 2.18. The van der Waals surface area contributed by atoms with Crippen LogP contribution in [0.5, 0.6) is 0 Å². The van der Waals surface area contributed by atoms with E-state index in [1.807, 2.05) is 20.8 Å². The molecule has 90 valence electrons. The van der Waals surface area contributed by atoms with Crippen molar-refractivity contribution >= 4 is 22.4 Å².